The second-order valence-corrected chi connectivity index (χ2v) is 5.95. The molecule has 0 aromatic heterocycles. The van der Waals surface area contributed by atoms with E-state index < -0.39 is 6.10 Å². The fourth-order valence-electron chi connectivity index (χ4n) is 3.04. The quantitative estimate of drug-likeness (QED) is 0.865. The molecule has 0 aliphatic carbocycles. The van der Waals surface area contributed by atoms with E-state index in [1.165, 1.54) is 5.56 Å². The van der Waals surface area contributed by atoms with Gasteiger partial charge in [-0.3, -0.25) is 4.79 Å². The van der Waals surface area contributed by atoms with E-state index in [1.807, 2.05) is 56.0 Å². The van der Waals surface area contributed by atoms with E-state index in [4.69, 9.17) is 4.74 Å². The maximum absolute atomic E-state index is 12.7. The van der Waals surface area contributed by atoms with Gasteiger partial charge in [0.15, 0.2) is 6.10 Å². The van der Waals surface area contributed by atoms with Gasteiger partial charge in [0.05, 0.1) is 0 Å². The minimum atomic E-state index is -0.493. The van der Waals surface area contributed by atoms with Crippen molar-refractivity contribution >= 4 is 11.6 Å². The Hall–Kier alpha value is -2.29. The van der Waals surface area contributed by atoms with Crippen molar-refractivity contribution in [1.29, 1.82) is 0 Å². The molecule has 1 atom stereocenters. The first-order valence-electron chi connectivity index (χ1n) is 7.69. The van der Waals surface area contributed by atoms with E-state index in [2.05, 4.69) is 12.1 Å². The van der Waals surface area contributed by atoms with Gasteiger partial charge in [0.1, 0.15) is 5.75 Å². The highest BCUT2D eigenvalue weighted by molar-refractivity contribution is 5.98. The lowest BCUT2D eigenvalue weighted by Gasteiger charge is -2.22. The number of hydrogen-bond acceptors (Lipinski definition) is 2. The summed E-state index contributed by atoms with van der Waals surface area (Å²) in [5.41, 5.74) is 4.53. The Labute approximate surface area is 131 Å². The SMILES string of the molecule is Cc1cc(C)cc(O[C@@H](C)C(=O)N2CCc3ccccc32)c1. The zero-order valence-electron chi connectivity index (χ0n) is 13.3. The van der Waals surface area contributed by atoms with Gasteiger partial charge in [-0.15, -0.1) is 0 Å². The third kappa shape index (κ3) is 2.84. The number of ether oxygens (including phenoxy) is 1. The molecule has 0 N–H and O–H groups in total. The van der Waals surface area contributed by atoms with Crippen LogP contribution in [0.25, 0.3) is 0 Å². The van der Waals surface area contributed by atoms with Crippen molar-refractivity contribution in [2.45, 2.75) is 33.3 Å². The molecule has 114 valence electrons. The Morgan fingerprint density at radius 1 is 1.14 bits per heavy atom. The van der Waals surface area contributed by atoms with E-state index in [0.29, 0.717) is 0 Å². The fourth-order valence-corrected chi connectivity index (χ4v) is 3.04. The predicted molar refractivity (Wildman–Crippen MR) is 88.5 cm³/mol. The number of anilines is 1. The summed E-state index contributed by atoms with van der Waals surface area (Å²) in [6.07, 6.45) is 0.422. The van der Waals surface area contributed by atoms with Gasteiger partial charge >= 0.3 is 0 Å². The van der Waals surface area contributed by atoms with Crippen LogP contribution in [-0.2, 0) is 11.2 Å². The molecule has 3 rings (SSSR count). The number of aryl methyl sites for hydroxylation is 2. The van der Waals surface area contributed by atoms with Crippen molar-refractivity contribution in [2.24, 2.45) is 0 Å². The topological polar surface area (TPSA) is 29.5 Å². The van der Waals surface area contributed by atoms with E-state index >= 15 is 0 Å². The van der Waals surface area contributed by atoms with Crippen LogP contribution in [0.15, 0.2) is 42.5 Å². The van der Waals surface area contributed by atoms with Crippen molar-refractivity contribution in [2.75, 3.05) is 11.4 Å². The molecule has 0 spiro atoms. The number of fused-ring (bicyclic) bond motifs is 1. The zero-order valence-corrected chi connectivity index (χ0v) is 13.3. The van der Waals surface area contributed by atoms with Crippen LogP contribution in [0.4, 0.5) is 5.69 Å². The standard InChI is InChI=1S/C19H21NO2/c1-13-10-14(2)12-17(11-13)22-15(3)19(21)20-9-8-16-6-4-5-7-18(16)20/h4-7,10-12,15H,8-9H2,1-3H3/t15-/m0/s1. The highest BCUT2D eigenvalue weighted by Crippen LogP contribution is 2.28. The van der Waals surface area contributed by atoms with Gasteiger partial charge in [-0.25, -0.2) is 0 Å². The molecule has 2 aromatic rings. The van der Waals surface area contributed by atoms with Crippen molar-refractivity contribution in [3.8, 4) is 5.75 Å². The Kier molecular flexibility index (Phi) is 3.88. The second kappa shape index (κ2) is 5.84. The number of amides is 1. The molecule has 0 fully saturated rings. The summed E-state index contributed by atoms with van der Waals surface area (Å²) in [4.78, 5) is 14.5. The third-order valence-corrected chi connectivity index (χ3v) is 4.01. The average Bonchev–Trinajstić information content (AvgIpc) is 2.89. The molecule has 1 aliphatic heterocycles. The number of hydrogen-bond donors (Lipinski definition) is 0. The molecule has 0 bridgehead atoms. The summed E-state index contributed by atoms with van der Waals surface area (Å²) < 4.78 is 5.87. The fraction of sp³-hybridized carbons (Fsp3) is 0.316. The molecule has 3 nitrogen and oxygen atoms in total. The molecule has 1 heterocycles. The third-order valence-electron chi connectivity index (χ3n) is 4.01. The van der Waals surface area contributed by atoms with Crippen LogP contribution < -0.4 is 9.64 Å². The van der Waals surface area contributed by atoms with E-state index in [9.17, 15) is 4.79 Å². The molecular formula is C19H21NO2. The maximum atomic E-state index is 12.7. The lowest BCUT2D eigenvalue weighted by molar-refractivity contribution is -0.124. The molecule has 3 heteroatoms. The summed E-state index contributed by atoms with van der Waals surface area (Å²) in [5, 5.41) is 0. The second-order valence-electron chi connectivity index (χ2n) is 5.95. The normalized spacial score (nSPS) is 14.6. The summed E-state index contributed by atoms with van der Waals surface area (Å²) in [6, 6.07) is 14.1. The molecule has 2 aromatic carbocycles. The minimum Gasteiger partial charge on any atom is -0.481 e. The van der Waals surface area contributed by atoms with Crippen LogP contribution in [0.1, 0.15) is 23.6 Å². The Morgan fingerprint density at radius 2 is 1.82 bits per heavy atom. The lowest BCUT2D eigenvalue weighted by atomic mass is 10.1. The van der Waals surface area contributed by atoms with Crippen molar-refractivity contribution in [1.82, 2.24) is 0 Å². The maximum Gasteiger partial charge on any atom is 0.267 e. The first kappa shape index (κ1) is 14.6. The molecular weight excluding hydrogens is 274 g/mol. The highest BCUT2D eigenvalue weighted by atomic mass is 16.5. The molecule has 0 saturated heterocycles. The largest absolute Gasteiger partial charge is 0.481 e. The van der Waals surface area contributed by atoms with Crippen LogP contribution in [0.2, 0.25) is 0 Å². The van der Waals surface area contributed by atoms with E-state index in [-0.39, 0.29) is 5.91 Å². The molecule has 1 amide bonds. The van der Waals surface area contributed by atoms with Crippen LogP contribution in [-0.4, -0.2) is 18.6 Å². The average molecular weight is 295 g/mol. The van der Waals surface area contributed by atoms with Crippen LogP contribution in [0, 0.1) is 13.8 Å². The Bertz CT molecular complexity index is 688. The van der Waals surface area contributed by atoms with Gasteiger partial charge in [-0.1, -0.05) is 24.3 Å². The number of carbonyl (C=O) groups is 1. The highest BCUT2D eigenvalue weighted by Gasteiger charge is 2.28. The number of nitrogens with zero attached hydrogens (tertiary/aromatic N) is 1. The number of para-hydroxylation sites is 1. The summed E-state index contributed by atoms with van der Waals surface area (Å²) in [5.74, 6) is 0.773. The summed E-state index contributed by atoms with van der Waals surface area (Å²) >= 11 is 0. The molecule has 0 unspecified atom stereocenters. The lowest BCUT2D eigenvalue weighted by Crippen LogP contribution is -2.39. The number of benzene rings is 2. The monoisotopic (exact) mass is 295 g/mol. The van der Waals surface area contributed by atoms with Crippen molar-refractivity contribution in [3.63, 3.8) is 0 Å². The van der Waals surface area contributed by atoms with Gasteiger partial charge < -0.3 is 9.64 Å². The van der Waals surface area contributed by atoms with Crippen LogP contribution in [0.5, 0.6) is 5.75 Å². The van der Waals surface area contributed by atoms with Crippen LogP contribution >= 0.6 is 0 Å². The first-order chi connectivity index (χ1) is 10.5. The van der Waals surface area contributed by atoms with Crippen molar-refractivity contribution < 1.29 is 9.53 Å². The molecule has 1 aliphatic rings. The summed E-state index contributed by atoms with van der Waals surface area (Å²) in [6.45, 7) is 6.62. The van der Waals surface area contributed by atoms with E-state index in [1.54, 1.807) is 0 Å². The van der Waals surface area contributed by atoms with Gasteiger partial charge in [0.25, 0.3) is 5.91 Å². The summed E-state index contributed by atoms with van der Waals surface area (Å²) in [7, 11) is 0. The zero-order chi connectivity index (χ0) is 15.7. The smallest absolute Gasteiger partial charge is 0.267 e. The molecule has 0 saturated carbocycles. The van der Waals surface area contributed by atoms with Gasteiger partial charge in [0, 0.05) is 12.2 Å². The van der Waals surface area contributed by atoms with Gasteiger partial charge in [-0.2, -0.15) is 0 Å². The minimum absolute atomic E-state index is 0.0177. The molecule has 0 radical (unpaired) electrons. The van der Waals surface area contributed by atoms with E-state index in [0.717, 1.165) is 35.5 Å². The first-order valence-corrected chi connectivity index (χ1v) is 7.69. The number of carbonyl (C=O) groups excluding carboxylic acids is 1. The van der Waals surface area contributed by atoms with Gasteiger partial charge in [-0.05, 0) is 62.1 Å². The number of rotatable bonds is 3. The Morgan fingerprint density at radius 3 is 2.55 bits per heavy atom. The molecule has 22 heavy (non-hydrogen) atoms. The van der Waals surface area contributed by atoms with Crippen molar-refractivity contribution in [3.05, 3.63) is 59.2 Å². The predicted octanol–water partition coefficient (Wildman–Crippen LogP) is 3.66. The van der Waals surface area contributed by atoms with Gasteiger partial charge in [0.2, 0.25) is 0 Å². The Balaban J connectivity index is 1.75. The van der Waals surface area contributed by atoms with Crippen LogP contribution in [0.3, 0.4) is 0 Å².